The molecule has 0 aliphatic rings. The van der Waals surface area contributed by atoms with Crippen LogP contribution >= 0.6 is 0 Å². The molecule has 0 aliphatic heterocycles. The van der Waals surface area contributed by atoms with Gasteiger partial charge in [-0.05, 0) is 50.1 Å². The molecule has 0 aliphatic carbocycles. The number of pyridine rings is 2. The summed E-state index contributed by atoms with van der Waals surface area (Å²) in [7, 11) is 0. The topological polar surface area (TPSA) is 134 Å². The molecule has 0 fully saturated rings. The van der Waals surface area contributed by atoms with E-state index in [1.807, 2.05) is 19.1 Å². The zero-order valence-corrected chi connectivity index (χ0v) is 18.3. The van der Waals surface area contributed by atoms with Gasteiger partial charge >= 0.3 is 0 Å². The van der Waals surface area contributed by atoms with E-state index in [0.717, 1.165) is 29.3 Å². The molecule has 1 aromatic carbocycles. The Kier molecular flexibility index (Phi) is 6.64. The lowest BCUT2D eigenvalue weighted by atomic mass is 10.2. The van der Waals surface area contributed by atoms with E-state index < -0.39 is 5.82 Å². The maximum absolute atomic E-state index is 13.6. The molecule has 0 unspecified atom stereocenters. The van der Waals surface area contributed by atoms with Gasteiger partial charge in [0.2, 0.25) is 0 Å². The van der Waals surface area contributed by atoms with Crippen LogP contribution in [0.4, 0.5) is 15.9 Å². The zero-order chi connectivity index (χ0) is 23.4. The number of anilines is 2. The molecule has 33 heavy (non-hydrogen) atoms. The summed E-state index contributed by atoms with van der Waals surface area (Å²) in [5.41, 5.74) is 14.8. The lowest BCUT2D eigenvalue weighted by molar-refractivity contribution is 0.0952. The van der Waals surface area contributed by atoms with Crippen molar-refractivity contribution in [2.75, 3.05) is 24.6 Å². The molecule has 9 nitrogen and oxygen atoms in total. The number of benzene rings is 1. The van der Waals surface area contributed by atoms with Crippen molar-refractivity contribution < 1.29 is 13.9 Å². The van der Waals surface area contributed by atoms with Crippen LogP contribution in [0.25, 0.3) is 22.1 Å². The largest absolute Gasteiger partial charge is 0.396 e. The molecule has 0 spiro atoms. The summed E-state index contributed by atoms with van der Waals surface area (Å²) in [6.07, 6.45) is 3.19. The number of nitrogen functional groups attached to an aromatic ring is 2. The van der Waals surface area contributed by atoms with E-state index in [4.69, 9.17) is 16.2 Å². The molecule has 0 saturated heterocycles. The second-order valence-corrected chi connectivity index (χ2v) is 7.58. The molecule has 3 heterocycles. The molecule has 1 amide bonds. The van der Waals surface area contributed by atoms with Crippen molar-refractivity contribution in [1.29, 1.82) is 0 Å². The summed E-state index contributed by atoms with van der Waals surface area (Å²) in [5.74, 6) is 0.156. The summed E-state index contributed by atoms with van der Waals surface area (Å²) >= 11 is 0. The average molecular weight is 452 g/mol. The molecule has 0 radical (unpaired) electrons. The first kappa shape index (κ1) is 22.4. The second kappa shape index (κ2) is 9.78. The number of ether oxygens (including phenoxy) is 1. The average Bonchev–Trinajstić information content (AvgIpc) is 3.18. The molecule has 172 valence electrons. The van der Waals surface area contributed by atoms with Crippen molar-refractivity contribution >= 4 is 39.5 Å². The summed E-state index contributed by atoms with van der Waals surface area (Å²) in [6, 6.07) is 7.71. The highest BCUT2D eigenvalue weighted by molar-refractivity contribution is 6.04. The van der Waals surface area contributed by atoms with Crippen molar-refractivity contribution in [3.63, 3.8) is 0 Å². The standard InChI is InChI=1S/C23H26FN7O2/c1-2-33-13-18-30-20-21(19-17(29-22(20)26)6-5-10-27-19)31(18)11-4-3-9-28-23(32)14-7-8-16(25)15(24)12-14/h5-8,10,12H,2-4,9,11,13,25H2,1H3,(H2,26,29)(H,28,32). The number of nitrogens with zero attached hydrogens (tertiary/aromatic N) is 4. The number of fused-ring (bicyclic) bond motifs is 3. The van der Waals surface area contributed by atoms with Crippen molar-refractivity contribution in [3.8, 4) is 0 Å². The summed E-state index contributed by atoms with van der Waals surface area (Å²) in [5, 5.41) is 2.81. The van der Waals surface area contributed by atoms with E-state index in [2.05, 4.69) is 24.8 Å². The number of rotatable bonds is 9. The van der Waals surface area contributed by atoms with Gasteiger partial charge < -0.3 is 26.1 Å². The number of imidazole rings is 1. The number of aryl methyl sites for hydroxylation is 1. The molecular weight excluding hydrogens is 425 g/mol. The Morgan fingerprint density at radius 2 is 2.03 bits per heavy atom. The quantitative estimate of drug-likeness (QED) is 0.263. The Hall–Kier alpha value is -3.79. The monoisotopic (exact) mass is 451 g/mol. The molecule has 4 rings (SSSR count). The number of hydrogen-bond donors (Lipinski definition) is 3. The lowest BCUT2D eigenvalue weighted by Gasteiger charge is -2.11. The minimum absolute atomic E-state index is 0.0137. The van der Waals surface area contributed by atoms with Crippen LogP contribution in [0.3, 0.4) is 0 Å². The van der Waals surface area contributed by atoms with Gasteiger partial charge in [0.05, 0.1) is 11.2 Å². The van der Waals surface area contributed by atoms with Gasteiger partial charge in [-0.2, -0.15) is 0 Å². The van der Waals surface area contributed by atoms with Crippen molar-refractivity contribution in [3.05, 3.63) is 53.7 Å². The molecular formula is C23H26FN7O2. The fourth-order valence-electron chi connectivity index (χ4n) is 3.68. The molecule has 0 saturated carbocycles. The molecule has 0 bridgehead atoms. The minimum Gasteiger partial charge on any atom is -0.396 e. The summed E-state index contributed by atoms with van der Waals surface area (Å²) in [4.78, 5) is 25.9. The normalized spacial score (nSPS) is 11.3. The van der Waals surface area contributed by atoms with Gasteiger partial charge in [0, 0.05) is 31.5 Å². The van der Waals surface area contributed by atoms with Gasteiger partial charge in [0.15, 0.2) is 5.82 Å². The molecule has 10 heteroatoms. The highest BCUT2D eigenvalue weighted by Gasteiger charge is 2.18. The fourth-order valence-corrected chi connectivity index (χ4v) is 3.68. The fraction of sp³-hybridized carbons (Fsp3) is 0.304. The van der Waals surface area contributed by atoms with Gasteiger partial charge in [-0.1, -0.05) is 0 Å². The molecule has 0 atom stereocenters. The number of carbonyl (C=O) groups is 1. The Bertz CT molecular complexity index is 1310. The number of aromatic nitrogens is 4. The second-order valence-electron chi connectivity index (χ2n) is 7.58. The van der Waals surface area contributed by atoms with Crippen LogP contribution in [0.1, 0.15) is 35.9 Å². The number of halogens is 1. The number of nitrogens with two attached hydrogens (primary N) is 2. The Morgan fingerprint density at radius 3 is 2.82 bits per heavy atom. The van der Waals surface area contributed by atoms with Gasteiger partial charge in [-0.25, -0.2) is 14.4 Å². The van der Waals surface area contributed by atoms with E-state index in [1.54, 1.807) is 6.20 Å². The maximum Gasteiger partial charge on any atom is 0.251 e. The van der Waals surface area contributed by atoms with Crippen LogP contribution < -0.4 is 16.8 Å². The number of nitrogens with one attached hydrogen (secondary N) is 1. The Labute approximate surface area is 190 Å². The number of amides is 1. The van der Waals surface area contributed by atoms with Crippen LogP contribution in [0.2, 0.25) is 0 Å². The SMILES string of the molecule is CCOCc1nc2c(N)nc3cccnc3c2n1CCCCNC(=O)c1ccc(N)c(F)c1. The number of carbonyl (C=O) groups excluding carboxylic acids is 1. The summed E-state index contributed by atoms with van der Waals surface area (Å²) in [6.45, 7) is 3.92. The van der Waals surface area contributed by atoms with Gasteiger partial charge in [0.25, 0.3) is 5.91 Å². The van der Waals surface area contributed by atoms with Crippen LogP contribution in [0.15, 0.2) is 36.5 Å². The highest BCUT2D eigenvalue weighted by atomic mass is 19.1. The number of hydrogen-bond acceptors (Lipinski definition) is 7. The zero-order valence-electron chi connectivity index (χ0n) is 18.3. The van der Waals surface area contributed by atoms with Crippen molar-refractivity contribution in [2.24, 2.45) is 0 Å². The first-order valence-electron chi connectivity index (χ1n) is 10.8. The smallest absolute Gasteiger partial charge is 0.251 e. The van der Waals surface area contributed by atoms with E-state index >= 15 is 0 Å². The Balaban J connectivity index is 1.48. The van der Waals surface area contributed by atoms with Crippen LogP contribution in [-0.2, 0) is 17.9 Å². The van der Waals surface area contributed by atoms with Gasteiger partial charge in [-0.3, -0.25) is 9.78 Å². The minimum atomic E-state index is -0.605. The lowest BCUT2D eigenvalue weighted by Crippen LogP contribution is -2.24. The van der Waals surface area contributed by atoms with Crippen LogP contribution in [0.5, 0.6) is 0 Å². The van der Waals surface area contributed by atoms with Crippen LogP contribution in [-0.4, -0.2) is 38.6 Å². The third kappa shape index (κ3) is 4.70. The first-order chi connectivity index (χ1) is 16.0. The van der Waals surface area contributed by atoms with Crippen molar-refractivity contribution in [1.82, 2.24) is 24.8 Å². The Morgan fingerprint density at radius 1 is 1.18 bits per heavy atom. The molecule has 5 N–H and O–H groups in total. The predicted octanol–water partition coefficient (Wildman–Crippen LogP) is 3.03. The van der Waals surface area contributed by atoms with E-state index in [0.29, 0.717) is 49.6 Å². The molecule has 4 aromatic rings. The highest BCUT2D eigenvalue weighted by Crippen LogP contribution is 2.28. The third-order valence-electron chi connectivity index (χ3n) is 5.33. The van der Waals surface area contributed by atoms with Crippen molar-refractivity contribution in [2.45, 2.75) is 32.9 Å². The summed E-state index contributed by atoms with van der Waals surface area (Å²) < 4.78 is 21.3. The van der Waals surface area contributed by atoms with E-state index in [9.17, 15) is 9.18 Å². The number of unbranched alkanes of at least 4 members (excludes halogenated alkanes) is 1. The third-order valence-corrected chi connectivity index (χ3v) is 5.33. The first-order valence-corrected chi connectivity index (χ1v) is 10.8. The van der Waals surface area contributed by atoms with Crippen LogP contribution in [0, 0.1) is 5.82 Å². The maximum atomic E-state index is 13.6. The molecule has 3 aromatic heterocycles. The van der Waals surface area contributed by atoms with Gasteiger partial charge in [0.1, 0.15) is 34.8 Å². The van der Waals surface area contributed by atoms with E-state index in [1.165, 1.54) is 12.1 Å². The van der Waals surface area contributed by atoms with Gasteiger partial charge in [-0.15, -0.1) is 0 Å². The van der Waals surface area contributed by atoms with E-state index in [-0.39, 0.29) is 17.2 Å². The predicted molar refractivity (Wildman–Crippen MR) is 125 cm³/mol.